The van der Waals surface area contributed by atoms with E-state index in [1.54, 1.807) is 4.68 Å². The van der Waals surface area contributed by atoms with Crippen LogP contribution in [-0.2, 0) is 11.8 Å². The van der Waals surface area contributed by atoms with Gasteiger partial charge in [-0.05, 0) is 18.4 Å². The van der Waals surface area contributed by atoms with Crippen LogP contribution < -0.4 is 16.0 Å². The van der Waals surface area contributed by atoms with Crippen molar-refractivity contribution in [3.63, 3.8) is 0 Å². The maximum Gasteiger partial charge on any atom is 0.241 e. The van der Waals surface area contributed by atoms with Crippen molar-refractivity contribution in [1.29, 1.82) is 0 Å². The zero-order chi connectivity index (χ0) is 16.2. The normalized spacial score (nSPS) is 17.8. The Labute approximate surface area is 160 Å². The van der Waals surface area contributed by atoms with Crippen molar-refractivity contribution in [2.75, 3.05) is 18.0 Å². The van der Waals surface area contributed by atoms with E-state index in [2.05, 4.69) is 15.3 Å². The van der Waals surface area contributed by atoms with Crippen LogP contribution in [0.3, 0.4) is 0 Å². The van der Waals surface area contributed by atoms with E-state index in [9.17, 15) is 4.79 Å². The second-order valence-electron chi connectivity index (χ2n) is 6.05. The Morgan fingerprint density at radius 3 is 2.68 bits per heavy atom. The molecule has 0 saturated carbocycles. The molecule has 0 radical (unpaired) electrons. The van der Waals surface area contributed by atoms with Gasteiger partial charge in [-0.25, -0.2) is 0 Å². The SMILES string of the molecule is Cl.Cl.Cn1cc(N2CCCC(NC(=O)C(N)c3ccccc3)C2)cn1. The number of benzene rings is 1. The predicted molar refractivity (Wildman–Crippen MR) is 104 cm³/mol. The third-order valence-corrected chi connectivity index (χ3v) is 4.27. The number of nitrogens with one attached hydrogen (secondary N) is 1. The van der Waals surface area contributed by atoms with Crippen LogP contribution in [0.1, 0.15) is 24.4 Å². The zero-order valence-electron chi connectivity index (χ0n) is 14.2. The second-order valence-corrected chi connectivity index (χ2v) is 6.05. The molecule has 0 spiro atoms. The van der Waals surface area contributed by atoms with E-state index in [0.717, 1.165) is 37.2 Å². The number of nitrogens with two attached hydrogens (primary N) is 1. The Hall–Kier alpha value is -1.76. The number of aromatic nitrogens is 2. The van der Waals surface area contributed by atoms with E-state index >= 15 is 0 Å². The van der Waals surface area contributed by atoms with E-state index in [4.69, 9.17) is 5.73 Å². The molecule has 1 amide bonds. The van der Waals surface area contributed by atoms with Crippen LogP contribution in [0, 0.1) is 0 Å². The molecule has 1 aromatic heterocycles. The fourth-order valence-corrected chi connectivity index (χ4v) is 3.00. The summed E-state index contributed by atoms with van der Waals surface area (Å²) in [5.74, 6) is -0.116. The first-order chi connectivity index (χ1) is 11.1. The molecule has 138 valence electrons. The molecule has 1 saturated heterocycles. The van der Waals surface area contributed by atoms with Crippen LogP contribution in [0.4, 0.5) is 5.69 Å². The highest BCUT2D eigenvalue weighted by molar-refractivity contribution is 5.85. The summed E-state index contributed by atoms with van der Waals surface area (Å²) in [7, 11) is 1.91. The smallest absolute Gasteiger partial charge is 0.241 e. The van der Waals surface area contributed by atoms with Crippen LogP contribution >= 0.6 is 24.8 Å². The van der Waals surface area contributed by atoms with Gasteiger partial charge in [0, 0.05) is 32.4 Å². The molecule has 2 aromatic rings. The molecular formula is C17H25Cl2N5O. The first-order valence-corrected chi connectivity index (χ1v) is 7.98. The Kier molecular flexibility index (Phi) is 8.22. The summed E-state index contributed by atoms with van der Waals surface area (Å²) in [5.41, 5.74) is 8.00. The zero-order valence-corrected chi connectivity index (χ0v) is 15.8. The molecule has 25 heavy (non-hydrogen) atoms. The van der Waals surface area contributed by atoms with Gasteiger partial charge in [-0.1, -0.05) is 30.3 Å². The van der Waals surface area contributed by atoms with Crippen LogP contribution in [0.2, 0.25) is 0 Å². The molecule has 3 N–H and O–H groups in total. The lowest BCUT2D eigenvalue weighted by atomic mass is 10.0. The largest absolute Gasteiger partial charge is 0.367 e. The van der Waals surface area contributed by atoms with Crippen molar-refractivity contribution < 1.29 is 4.79 Å². The highest BCUT2D eigenvalue weighted by Gasteiger charge is 2.24. The van der Waals surface area contributed by atoms with Crippen molar-refractivity contribution in [2.24, 2.45) is 12.8 Å². The molecule has 3 rings (SSSR count). The molecule has 2 heterocycles. The topological polar surface area (TPSA) is 76.2 Å². The molecule has 8 heteroatoms. The number of carbonyl (C=O) groups excluding carboxylic acids is 1. The first-order valence-electron chi connectivity index (χ1n) is 7.98. The van der Waals surface area contributed by atoms with Crippen molar-refractivity contribution in [3.8, 4) is 0 Å². The summed E-state index contributed by atoms with van der Waals surface area (Å²) in [5, 5.41) is 7.30. The van der Waals surface area contributed by atoms with Crippen molar-refractivity contribution in [3.05, 3.63) is 48.3 Å². The van der Waals surface area contributed by atoms with E-state index in [-0.39, 0.29) is 36.8 Å². The van der Waals surface area contributed by atoms with Crippen molar-refractivity contribution >= 4 is 36.4 Å². The lowest BCUT2D eigenvalue weighted by molar-refractivity contribution is -0.123. The van der Waals surface area contributed by atoms with Gasteiger partial charge in [-0.15, -0.1) is 24.8 Å². The monoisotopic (exact) mass is 385 g/mol. The minimum absolute atomic E-state index is 0. The van der Waals surface area contributed by atoms with E-state index in [1.807, 2.05) is 49.8 Å². The van der Waals surface area contributed by atoms with Gasteiger partial charge in [0.1, 0.15) is 6.04 Å². The van der Waals surface area contributed by atoms with Gasteiger partial charge in [-0.3, -0.25) is 9.48 Å². The first kappa shape index (κ1) is 21.3. The third-order valence-electron chi connectivity index (χ3n) is 4.27. The van der Waals surface area contributed by atoms with Gasteiger partial charge in [0.05, 0.1) is 11.9 Å². The lowest BCUT2D eigenvalue weighted by Gasteiger charge is -2.34. The van der Waals surface area contributed by atoms with Gasteiger partial charge in [-0.2, -0.15) is 5.10 Å². The number of carbonyl (C=O) groups is 1. The molecule has 0 aliphatic carbocycles. The third kappa shape index (κ3) is 5.36. The van der Waals surface area contributed by atoms with Gasteiger partial charge in [0.25, 0.3) is 0 Å². The summed E-state index contributed by atoms with van der Waals surface area (Å²) in [6.45, 7) is 1.78. The Morgan fingerprint density at radius 2 is 2.04 bits per heavy atom. The molecule has 2 unspecified atom stereocenters. The molecular weight excluding hydrogens is 361 g/mol. The summed E-state index contributed by atoms with van der Waals surface area (Å²) in [4.78, 5) is 14.6. The average molecular weight is 386 g/mol. The molecule has 1 aliphatic rings. The van der Waals surface area contributed by atoms with Crippen molar-refractivity contribution in [1.82, 2.24) is 15.1 Å². The van der Waals surface area contributed by atoms with Gasteiger partial charge in [0.2, 0.25) is 5.91 Å². The molecule has 2 atom stereocenters. The Bertz CT molecular complexity index is 664. The summed E-state index contributed by atoms with van der Waals surface area (Å²) in [6.07, 6.45) is 5.88. The van der Waals surface area contributed by atoms with Crippen LogP contribution in [0.25, 0.3) is 0 Å². The number of piperidine rings is 1. The maximum absolute atomic E-state index is 12.4. The average Bonchev–Trinajstić information content (AvgIpc) is 3.02. The standard InChI is InChI=1S/C17H23N5O.2ClH/c1-21-12-15(10-19-21)22-9-5-8-14(11-22)20-17(23)16(18)13-6-3-2-4-7-13;;/h2-4,6-7,10,12,14,16H,5,8-9,11,18H2,1H3,(H,20,23);2*1H. The number of rotatable bonds is 4. The maximum atomic E-state index is 12.4. The van der Waals surface area contributed by atoms with E-state index in [0.29, 0.717) is 0 Å². The molecule has 0 bridgehead atoms. The van der Waals surface area contributed by atoms with Gasteiger partial charge in [0.15, 0.2) is 0 Å². The van der Waals surface area contributed by atoms with Crippen LogP contribution in [-0.4, -0.2) is 34.8 Å². The number of aryl methyl sites for hydroxylation is 1. The van der Waals surface area contributed by atoms with E-state index < -0.39 is 6.04 Å². The summed E-state index contributed by atoms with van der Waals surface area (Å²) < 4.78 is 1.79. The number of hydrogen-bond donors (Lipinski definition) is 2. The predicted octanol–water partition coefficient (Wildman–Crippen LogP) is 2.05. The summed E-state index contributed by atoms with van der Waals surface area (Å²) >= 11 is 0. The fraction of sp³-hybridized carbons (Fsp3) is 0.412. The van der Waals surface area contributed by atoms with Gasteiger partial charge >= 0.3 is 0 Å². The van der Waals surface area contributed by atoms with Crippen LogP contribution in [0.15, 0.2) is 42.7 Å². The number of nitrogens with zero attached hydrogens (tertiary/aromatic N) is 3. The number of amides is 1. The quantitative estimate of drug-likeness (QED) is 0.844. The number of halogens is 2. The fourth-order valence-electron chi connectivity index (χ4n) is 3.00. The van der Waals surface area contributed by atoms with Gasteiger partial charge < -0.3 is 16.0 Å². The molecule has 6 nitrogen and oxygen atoms in total. The second kappa shape index (κ2) is 9.65. The number of anilines is 1. The highest BCUT2D eigenvalue weighted by Crippen LogP contribution is 2.19. The minimum Gasteiger partial charge on any atom is -0.367 e. The van der Waals surface area contributed by atoms with E-state index in [1.165, 1.54) is 0 Å². The molecule has 1 aliphatic heterocycles. The lowest BCUT2D eigenvalue weighted by Crippen LogP contribution is -2.49. The summed E-state index contributed by atoms with van der Waals surface area (Å²) in [6, 6.07) is 8.97. The van der Waals surface area contributed by atoms with Crippen LogP contribution in [0.5, 0.6) is 0 Å². The highest BCUT2D eigenvalue weighted by atomic mass is 35.5. The Morgan fingerprint density at radius 1 is 1.32 bits per heavy atom. The number of hydrogen-bond acceptors (Lipinski definition) is 4. The Balaban J connectivity index is 0.00000156. The van der Waals surface area contributed by atoms with Crippen molar-refractivity contribution in [2.45, 2.75) is 24.9 Å². The molecule has 1 fully saturated rings. The molecule has 1 aromatic carbocycles. The minimum atomic E-state index is -0.620.